The first-order valence-corrected chi connectivity index (χ1v) is 10.2. The van der Waals surface area contributed by atoms with Crippen molar-refractivity contribution >= 4 is 39.3 Å². The number of esters is 1. The Kier molecular flexibility index (Phi) is 5.54. The first-order valence-electron chi connectivity index (χ1n) is 7.63. The SMILES string of the molecule is COC(=O)[C@H](c1ccccc1Cl)N1CCc2sc(OS(=O)(=O)O)cc2C1. The van der Waals surface area contributed by atoms with E-state index in [9.17, 15) is 13.2 Å². The highest BCUT2D eigenvalue weighted by molar-refractivity contribution is 7.81. The van der Waals surface area contributed by atoms with E-state index in [0.717, 1.165) is 21.8 Å². The summed E-state index contributed by atoms with van der Waals surface area (Å²) in [5.41, 5.74) is 1.48. The summed E-state index contributed by atoms with van der Waals surface area (Å²) in [4.78, 5) is 15.3. The number of nitrogens with zero attached hydrogens (tertiary/aromatic N) is 1. The van der Waals surface area contributed by atoms with E-state index in [4.69, 9.17) is 20.9 Å². The third-order valence-electron chi connectivity index (χ3n) is 4.05. The van der Waals surface area contributed by atoms with Gasteiger partial charge in [-0.05, 0) is 29.7 Å². The molecule has 0 unspecified atom stereocenters. The Morgan fingerprint density at radius 3 is 2.77 bits per heavy atom. The minimum absolute atomic E-state index is 0.0895. The van der Waals surface area contributed by atoms with Gasteiger partial charge in [0.25, 0.3) is 0 Å². The van der Waals surface area contributed by atoms with Crippen molar-refractivity contribution in [2.75, 3.05) is 13.7 Å². The van der Waals surface area contributed by atoms with Crippen molar-refractivity contribution in [1.82, 2.24) is 4.90 Å². The molecule has 26 heavy (non-hydrogen) atoms. The Balaban J connectivity index is 1.89. The van der Waals surface area contributed by atoms with Gasteiger partial charge in [-0.15, -0.1) is 11.3 Å². The Bertz CT molecular complexity index is 927. The Hall–Kier alpha value is -1.65. The lowest BCUT2D eigenvalue weighted by atomic mass is 10.0. The number of fused-ring (bicyclic) bond motifs is 1. The highest BCUT2D eigenvalue weighted by Crippen LogP contribution is 2.38. The molecule has 1 aromatic carbocycles. The first-order chi connectivity index (χ1) is 12.3. The van der Waals surface area contributed by atoms with Crippen molar-refractivity contribution in [1.29, 1.82) is 0 Å². The van der Waals surface area contributed by atoms with Crippen molar-refractivity contribution in [2.45, 2.75) is 19.0 Å². The van der Waals surface area contributed by atoms with Crippen molar-refractivity contribution in [3.63, 3.8) is 0 Å². The van der Waals surface area contributed by atoms with Gasteiger partial charge in [0, 0.05) is 23.0 Å². The van der Waals surface area contributed by atoms with Crippen LogP contribution in [0.3, 0.4) is 0 Å². The fourth-order valence-electron chi connectivity index (χ4n) is 2.97. The molecule has 0 aliphatic carbocycles. The fraction of sp³-hybridized carbons (Fsp3) is 0.312. The lowest BCUT2D eigenvalue weighted by Gasteiger charge is -2.33. The minimum atomic E-state index is -4.57. The van der Waals surface area contributed by atoms with Crippen molar-refractivity contribution in [2.24, 2.45) is 0 Å². The van der Waals surface area contributed by atoms with Crippen LogP contribution in [0.5, 0.6) is 5.06 Å². The third kappa shape index (κ3) is 4.18. The maximum absolute atomic E-state index is 12.4. The van der Waals surface area contributed by atoms with Gasteiger partial charge in [0.1, 0.15) is 6.04 Å². The monoisotopic (exact) mass is 417 g/mol. The van der Waals surface area contributed by atoms with E-state index in [1.54, 1.807) is 30.3 Å². The summed E-state index contributed by atoms with van der Waals surface area (Å²) in [5, 5.41) is 0.557. The molecule has 2 aromatic rings. The van der Waals surface area contributed by atoms with Crippen LogP contribution in [0, 0.1) is 0 Å². The summed E-state index contributed by atoms with van der Waals surface area (Å²) in [5.74, 6) is -0.425. The summed E-state index contributed by atoms with van der Waals surface area (Å²) in [6.07, 6.45) is 0.604. The molecule has 10 heteroatoms. The van der Waals surface area contributed by atoms with Crippen molar-refractivity contribution in [3.05, 3.63) is 51.4 Å². The second kappa shape index (κ2) is 7.53. The van der Waals surface area contributed by atoms with Crippen LogP contribution in [-0.4, -0.2) is 37.5 Å². The molecule has 2 heterocycles. The number of carbonyl (C=O) groups excluding carboxylic acids is 1. The van der Waals surface area contributed by atoms with Crippen molar-refractivity contribution in [3.8, 4) is 5.06 Å². The lowest BCUT2D eigenvalue weighted by molar-refractivity contribution is -0.147. The number of benzene rings is 1. The van der Waals surface area contributed by atoms with E-state index in [2.05, 4.69) is 4.18 Å². The summed E-state index contributed by atoms with van der Waals surface area (Å²) < 4.78 is 40.1. The highest BCUT2D eigenvalue weighted by atomic mass is 35.5. The predicted octanol–water partition coefficient (Wildman–Crippen LogP) is 2.86. The first kappa shape index (κ1) is 19.1. The van der Waals surface area contributed by atoms with Gasteiger partial charge in [-0.25, -0.2) is 4.79 Å². The maximum atomic E-state index is 12.4. The molecule has 0 radical (unpaired) electrons. The quantitative estimate of drug-likeness (QED) is 0.590. The fourth-order valence-corrected chi connectivity index (χ4v) is 4.75. The molecule has 0 bridgehead atoms. The number of methoxy groups -OCH3 is 1. The number of ether oxygens (including phenoxy) is 1. The molecule has 1 N–H and O–H groups in total. The molecule has 1 aliphatic heterocycles. The second-order valence-corrected chi connectivity index (χ2v) is 8.22. The summed E-state index contributed by atoms with van der Waals surface area (Å²) >= 11 is 7.43. The van der Waals surface area contributed by atoms with E-state index in [-0.39, 0.29) is 5.06 Å². The van der Waals surface area contributed by atoms with Crippen LogP contribution in [0.4, 0.5) is 0 Å². The van der Waals surface area contributed by atoms with Crippen LogP contribution < -0.4 is 4.18 Å². The molecule has 140 valence electrons. The van der Waals surface area contributed by atoms with Gasteiger partial charge in [-0.2, -0.15) is 8.42 Å². The number of rotatable bonds is 5. The summed E-state index contributed by atoms with van der Waals surface area (Å²) in [6.45, 7) is 0.954. The predicted molar refractivity (Wildman–Crippen MR) is 96.8 cm³/mol. The minimum Gasteiger partial charge on any atom is -0.468 e. The van der Waals surface area contributed by atoms with Gasteiger partial charge < -0.3 is 8.92 Å². The van der Waals surface area contributed by atoms with Crippen LogP contribution in [0.25, 0.3) is 0 Å². The number of halogens is 1. The molecule has 0 saturated carbocycles. The van der Waals surface area contributed by atoms with Gasteiger partial charge in [0.05, 0.1) is 7.11 Å². The third-order valence-corrected chi connectivity index (χ3v) is 6.01. The normalized spacial score (nSPS) is 16.0. The van der Waals surface area contributed by atoms with Gasteiger partial charge in [-0.1, -0.05) is 29.8 Å². The van der Waals surface area contributed by atoms with Gasteiger partial charge >= 0.3 is 16.4 Å². The molecule has 0 saturated heterocycles. The Morgan fingerprint density at radius 1 is 1.38 bits per heavy atom. The summed E-state index contributed by atoms with van der Waals surface area (Å²) in [6, 6.07) is 7.96. The van der Waals surface area contributed by atoms with Gasteiger partial charge in [-0.3, -0.25) is 9.45 Å². The van der Waals surface area contributed by atoms with Crippen LogP contribution in [-0.2, 0) is 32.9 Å². The molecule has 1 aromatic heterocycles. The average molecular weight is 418 g/mol. The molecule has 7 nitrogen and oxygen atoms in total. The maximum Gasteiger partial charge on any atom is 0.447 e. The molecule has 1 atom stereocenters. The molecule has 0 fully saturated rings. The average Bonchev–Trinajstić information content (AvgIpc) is 2.96. The zero-order chi connectivity index (χ0) is 18.9. The van der Waals surface area contributed by atoms with Gasteiger partial charge in [0.2, 0.25) is 0 Å². The topological polar surface area (TPSA) is 93.1 Å². The van der Waals surface area contributed by atoms with E-state index in [1.165, 1.54) is 7.11 Å². The zero-order valence-electron chi connectivity index (χ0n) is 13.7. The molecule has 1 aliphatic rings. The van der Waals surface area contributed by atoms with Gasteiger partial charge in [0.15, 0.2) is 5.06 Å². The number of hydrogen-bond acceptors (Lipinski definition) is 7. The zero-order valence-corrected chi connectivity index (χ0v) is 16.1. The lowest BCUT2D eigenvalue weighted by Crippen LogP contribution is -2.38. The second-order valence-electron chi connectivity index (χ2n) is 5.69. The Labute approximate surface area is 160 Å². The molecule has 0 amide bonds. The van der Waals surface area contributed by atoms with E-state index in [0.29, 0.717) is 30.1 Å². The van der Waals surface area contributed by atoms with Crippen LogP contribution >= 0.6 is 22.9 Å². The molecule has 0 spiro atoms. The number of carbonyl (C=O) groups is 1. The van der Waals surface area contributed by atoms with E-state index >= 15 is 0 Å². The van der Waals surface area contributed by atoms with Crippen LogP contribution in [0.15, 0.2) is 30.3 Å². The number of hydrogen-bond donors (Lipinski definition) is 1. The largest absolute Gasteiger partial charge is 0.468 e. The Morgan fingerprint density at radius 2 is 2.12 bits per heavy atom. The van der Waals surface area contributed by atoms with Crippen LogP contribution in [0.2, 0.25) is 5.02 Å². The van der Waals surface area contributed by atoms with E-state index in [1.807, 2.05) is 4.90 Å². The smallest absolute Gasteiger partial charge is 0.447 e. The molecule has 3 rings (SSSR count). The van der Waals surface area contributed by atoms with Crippen LogP contribution in [0.1, 0.15) is 22.0 Å². The molecular weight excluding hydrogens is 402 g/mol. The van der Waals surface area contributed by atoms with Crippen molar-refractivity contribution < 1.29 is 26.7 Å². The van der Waals surface area contributed by atoms with E-state index < -0.39 is 22.4 Å². The number of thiophene rings is 1. The summed E-state index contributed by atoms with van der Waals surface area (Å²) in [7, 11) is -3.24. The standard InChI is InChI=1S/C16H16ClNO6S2/c1-23-16(19)15(11-4-2-3-5-12(11)17)18-7-6-13-10(9-18)8-14(25-13)24-26(20,21)22/h2-5,8,15H,6-7,9H2,1H3,(H,20,21,22)/t15-/m0/s1. The molecular formula is C16H16ClNO6S2. The highest BCUT2D eigenvalue weighted by Gasteiger charge is 2.33.